The Bertz CT molecular complexity index is 279. The molecule has 0 aliphatic carbocycles. The van der Waals surface area contributed by atoms with Crippen molar-refractivity contribution in [3.05, 3.63) is 41.5 Å². The van der Waals surface area contributed by atoms with E-state index in [2.05, 4.69) is 24.3 Å². The van der Waals surface area contributed by atoms with Crippen LogP contribution in [0.3, 0.4) is 0 Å². The number of hydrogen-bond donors (Lipinski definition) is 2. The molecule has 70 valence electrons. The Balaban J connectivity index is 2.66. The molecule has 0 aliphatic heterocycles. The van der Waals surface area contributed by atoms with Crippen LogP contribution in [-0.2, 0) is 6.54 Å². The van der Waals surface area contributed by atoms with E-state index in [4.69, 9.17) is 11.5 Å². The smallest absolute Gasteiger partial charge is 0.0178 e. The fourth-order valence-corrected chi connectivity index (χ4v) is 1.14. The lowest BCUT2D eigenvalue weighted by Gasteiger charge is -1.97. The van der Waals surface area contributed by atoms with E-state index in [0.717, 1.165) is 12.0 Å². The van der Waals surface area contributed by atoms with Crippen molar-refractivity contribution in [3.8, 4) is 0 Å². The van der Waals surface area contributed by atoms with Crippen molar-refractivity contribution in [3.63, 3.8) is 0 Å². The molecule has 1 aromatic rings. The number of hydrogen-bond acceptors (Lipinski definition) is 2. The van der Waals surface area contributed by atoms with Gasteiger partial charge in [0.15, 0.2) is 0 Å². The Morgan fingerprint density at radius 2 is 2.08 bits per heavy atom. The van der Waals surface area contributed by atoms with E-state index < -0.39 is 0 Å². The summed E-state index contributed by atoms with van der Waals surface area (Å²) in [6, 6.07) is 8.20. The summed E-state index contributed by atoms with van der Waals surface area (Å²) in [6.45, 7) is 1.30. The SMILES string of the molecule is NCCC=Cc1cccc(CN)c1. The molecule has 0 spiro atoms. The van der Waals surface area contributed by atoms with Crippen molar-refractivity contribution in [1.82, 2.24) is 0 Å². The van der Waals surface area contributed by atoms with E-state index in [0.29, 0.717) is 13.1 Å². The Kier molecular flexibility index (Phi) is 4.23. The minimum atomic E-state index is 0.596. The molecule has 0 amide bonds. The van der Waals surface area contributed by atoms with Crippen molar-refractivity contribution < 1.29 is 0 Å². The molecule has 0 unspecified atom stereocenters. The maximum atomic E-state index is 5.53. The Hall–Kier alpha value is -1.12. The molecule has 0 heterocycles. The average molecular weight is 176 g/mol. The van der Waals surface area contributed by atoms with Crippen LogP contribution in [0.25, 0.3) is 6.08 Å². The maximum absolute atomic E-state index is 5.53. The fraction of sp³-hybridized carbons (Fsp3) is 0.273. The summed E-state index contributed by atoms with van der Waals surface area (Å²) in [4.78, 5) is 0. The van der Waals surface area contributed by atoms with Gasteiger partial charge in [-0.3, -0.25) is 0 Å². The molecule has 1 rings (SSSR count). The van der Waals surface area contributed by atoms with Gasteiger partial charge in [0.25, 0.3) is 0 Å². The van der Waals surface area contributed by atoms with Gasteiger partial charge in [-0.2, -0.15) is 0 Å². The van der Waals surface area contributed by atoms with E-state index in [9.17, 15) is 0 Å². The van der Waals surface area contributed by atoms with Gasteiger partial charge in [0, 0.05) is 6.54 Å². The molecule has 2 heteroatoms. The molecule has 4 N–H and O–H groups in total. The average Bonchev–Trinajstić information content (AvgIpc) is 2.19. The van der Waals surface area contributed by atoms with Gasteiger partial charge in [0.05, 0.1) is 0 Å². The third-order valence-electron chi connectivity index (χ3n) is 1.83. The van der Waals surface area contributed by atoms with Gasteiger partial charge in [0.2, 0.25) is 0 Å². The third kappa shape index (κ3) is 3.40. The van der Waals surface area contributed by atoms with Crippen LogP contribution >= 0.6 is 0 Å². The van der Waals surface area contributed by atoms with Gasteiger partial charge in [-0.15, -0.1) is 0 Å². The minimum absolute atomic E-state index is 0.596. The highest BCUT2D eigenvalue weighted by molar-refractivity contribution is 5.50. The number of benzene rings is 1. The van der Waals surface area contributed by atoms with Gasteiger partial charge >= 0.3 is 0 Å². The summed E-state index contributed by atoms with van der Waals surface area (Å²) in [5, 5.41) is 0. The van der Waals surface area contributed by atoms with E-state index in [1.54, 1.807) is 0 Å². The quantitative estimate of drug-likeness (QED) is 0.730. The molecule has 0 fully saturated rings. The molecule has 13 heavy (non-hydrogen) atoms. The molecular formula is C11H16N2. The Morgan fingerprint density at radius 1 is 1.23 bits per heavy atom. The maximum Gasteiger partial charge on any atom is 0.0178 e. The van der Waals surface area contributed by atoms with Crippen LogP contribution < -0.4 is 11.5 Å². The number of nitrogens with two attached hydrogens (primary N) is 2. The second-order valence-corrected chi connectivity index (χ2v) is 2.93. The van der Waals surface area contributed by atoms with Crippen LogP contribution in [0.1, 0.15) is 17.5 Å². The first kappa shape index (κ1) is 9.96. The van der Waals surface area contributed by atoms with Crippen molar-refractivity contribution >= 4 is 6.08 Å². The predicted octanol–water partition coefficient (Wildman–Crippen LogP) is 1.51. The molecule has 0 radical (unpaired) electrons. The zero-order chi connectivity index (χ0) is 9.52. The summed E-state index contributed by atoms with van der Waals surface area (Å²) >= 11 is 0. The summed E-state index contributed by atoms with van der Waals surface area (Å²) in [5.74, 6) is 0. The first-order valence-electron chi connectivity index (χ1n) is 4.52. The van der Waals surface area contributed by atoms with Gasteiger partial charge < -0.3 is 11.5 Å². The molecule has 2 nitrogen and oxygen atoms in total. The zero-order valence-corrected chi connectivity index (χ0v) is 7.74. The molecule has 0 saturated heterocycles. The van der Waals surface area contributed by atoms with E-state index in [1.807, 2.05) is 12.1 Å². The first-order valence-corrected chi connectivity index (χ1v) is 4.52. The lowest BCUT2D eigenvalue weighted by atomic mass is 10.1. The van der Waals surface area contributed by atoms with Crippen LogP contribution in [0.15, 0.2) is 30.3 Å². The first-order chi connectivity index (χ1) is 6.36. The van der Waals surface area contributed by atoms with E-state index in [1.165, 1.54) is 5.56 Å². The molecule has 0 saturated carbocycles. The van der Waals surface area contributed by atoms with Crippen molar-refractivity contribution in [1.29, 1.82) is 0 Å². The highest BCUT2D eigenvalue weighted by Crippen LogP contribution is 2.06. The van der Waals surface area contributed by atoms with Crippen molar-refractivity contribution in [2.24, 2.45) is 11.5 Å². The summed E-state index contributed by atoms with van der Waals surface area (Å²) in [7, 11) is 0. The van der Waals surface area contributed by atoms with Gasteiger partial charge in [-0.1, -0.05) is 36.4 Å². The second-order valence-electron chi connectivity index (χ2n) is 2.93. The van der Waals surface area contributed by atoms with Gasteiger partial charge in [-0.25, -0.2) is 0 Å². The summed E-state index contributed by atoms with van der Waals surface area (Å²) < 4.78 is 0. The molecular weight excluding hydrogens is 160 g/mol. The largest absolute Gasteiger partial charge is 0.330 e. The van der Waals surface area contributed by atoms with Crippen molar-refractivity contribution in [2.75, 3.05) is 6.54 Å². The summed E-state index contributed by atoms with van der Waals surface area (Å²) in [5.41, 5.74) is 13.3. The second kappa shape index (κ2) is 5.51. The van der Waals surface area contributed by atoms with E-state index >= 15 is 0 Å². The van der Waals surface area contributed by atoms with E-state index in [-0.39, 0.29) is 0 Å². The fourth-order valence-electron chi connectivity index (χ4n) is 1.14. The molecule has 0 aliphatic rings. The van der Waals surface area contributed by atoms with Crippen LogP contribution in [0, 0.1) is 0 Å². The van der Waals surface area contributed by atoms with Gasteiger partial charge in [0.1, 0.15) is 0 Å². The van der Waals surface area contributed by atoms with Crippen LogP contribution in [0.2, 0.25) is 0 Å². The topological polar surface area (TPSA) is 52.0 Å². The predicted molar refractivity (Wildman–Crippen MR) is 57.0 cm³/mol. The molecule has 0 atom stereocenters. The lowest BCUT2D eigenvalue weighted by Crippen LogP contribution is -1.96. The normalized spacial score (nSPS) is 10.9. The Morgan fingerprint density at radius 3 is 2.77 bits per heavy atom. The highest BCUT2D eigenvalue weighted by atomic mass is 14.5. The highest BCUT2D eigenvalue weighted by Gasteiger charge is 1.89. The summed E-state index contributed by atoms with van der Waals surface area (Å²) in [6.07, 6.45) is 5.08. The lowest BCUT2D eigenvalue weighted by molar-refractivity contribution is 1.01. The third-order valence-corrected chi connectivity index (χ3v) is 1.83. The van der Waals surface area contributed by atoms with Crippen LogP contribution in [0.5, 0.6) is 0 Å². The Labute approximate surface area is 79.2 Å². The van der Waals surface area contributed by atoms with Crippen molar-refractivity contribution in [2.45, 2.75) is 13.0 Å². The molecule has 0 bridgehead atoms. The molecule has 0 aromatic heterocycles. The van der Waals surface area contributed by atoms with Crippen LogP contribution in [-0.4, -0.2) is 6.54 Å². The standard InChI is InChI=1S/C11H16N2/c12-7-2-1-4-10-5-3-6-11(8-10)9-13/h1,3-6,8H,2,7,9,12-13H2. The number of rotatable bonds is 4. The van der Waals surface area contributed by atoms with Crippen LogP contribution in [0.4, 0.5) is 0 Å². The minimum Gasteiger partial charge on any atom is -0.330 e. The monoisotopic (exact) mass is 176 g/mol. The zero-order valence-electron chi connectivity index (χ0n) is 7.74. The molecule has 1 aromatic carbocycles. The van der Waals surface area contributed by atoms with Gasteiger partial charge in [-0.05, 0) is 24.1 Å².